The van der Waals surface area contributed by atoms with Gasteiger partial charge in [0.1, 0.15) is 17.5 Å². The zero-order valence-electron chi connectivity index (χ0n) is 11.4. The van der Waals surface area contributed by atoms with Crippen molar-refractivity contribution in [1.82, 2.24) is 0 Å². The molecule has 1 rings (SSSR count). The minimum Gasteiger partial charge on any atom is -0.250 e. The number of hydrogen-bond donors (Lipinski definition) is 0. The van der Waals surface area contributed by atoms with Crippen LogP contribution < -0.4 is 0 Å². The molecule has 0 saturated heterocycles. The van der Waals surface area contributed by atoms with Crippen LogP contribution in [-0.2, 0) is 10.1 Å². The highest BCUT2D eigenvalue weighted by Crippen LogP contribution is 2.32. The maximum absolute atomic E-state index is 11.4. The Morgan fingerprint density at radius 2 is 2.00 bits per heavy atom. The van der Waals surface area contributed by atoms with Crippen LogP contribution in [0, 0.1) is 17.1 Å². The topological polar surface area (TPSA) is 66.5 Å². The van der Waals surface area contributed by atoms with E-state index in [-0.39, 0.29) is 5.75 Å². The van der Waals surface area contributed by atoms with Gasteiger partial charge in [-0.25, -0.2) is 0 Å². The van der Waals surface area contributed by atoms with Crippen LogP contribution in [0.25, 0.3) is 9.69 Å². The highest BCUT2D eigenvalue weighted by atomic mass is 32.2. The van der Waals surface area contributed by atoms with Crippen LogP contribution in [-0.4, -0.2) is 26.5 Å². The van der Waals surface area contributed by atoms with Gasteiger partial charge in [-0.15, -0.1) is 20.2 Å². The quantitative estimate of drug-likeness (QED) is 0.330. The molecule has 21 heavy (non-hydrogen) atoms. The van der Waals surface area contributed by atoms with Gasteiger partial charge in [0, 0.05) is 3.98 Å². The monoisotopic (exact) mass is 324 g/mol. The Morgan fingerprint density at radius 1 is 1.29 bits per heavy atom. The first-order chi connectivity index (χ1) is 10.0. The largest absolute Gasteiger partial charge is 0.533 e. The lowest BCUT2D eigenvalue weighted by Crippen LogP contribution is -2.04. The Hall–Kier alpha value is -1.90. The predicted molar refractivity (Wildman–Crippen MR) is 84.4 cm³/mol. The lowest BCUT2D eigenvalue weighted by molar-refractivity contribution is 0.602. The zero-order valence-corrected chi connectivity index (χ0v) is 13.1. The molecular weight excluding hydrogens is 310 g/mol. The summed E-state index contributed by atoms with van der Waals surface area (Å²) >= 11 is 1.44. The molecule has 0 aliphatic rings. The number of nitrogens with zero attached hydrogens (tertiary/aromatic N) is 3. The van der Waals surface area contributed by atoms with Gasteiger partial charge in [0.05, 0.1) is 13.1 Å². The third-order valence-corrected chi connectivity index (χ3v) is 4.49. The summed E-state index contributed by atoms with van der Waals surface area (Å²) in [5.41, 5.74) is 0.638. The molecule has 0 fully saturated rings. The van der Waals surface area contributed by atoms with Crippen LogP contribution in [0.3, 0.4) is 0 Å². The Balaban J connectivity index is 2.53. The standard InChI is InChI=1S/C13H14N3O3S2/c1-4-16-19-21(17,18)9-5-8-20-11-6-7-12(14-2)13(10-11)15-3/h6-7,10H,4-5,8-9H2,1H3/q+1. The fraction of sp³-hybridized carbons (Fsp3) is 0.385. The molecule has 110 valence electrons. The van der Waals surface area contributed by atoms with Gasteiger partial charge in [0.2, 0.25) is 0 Å². The summed E-state index contributed by atoms with van der Waals surface area (Å²) in [7, 11) is -3.59. The second-order valence-corrected chi connectivity index (χ2v) is 6.70. The molecule has 1 aromatic rings. The summed E-state index contributed by atoms with van der Waals surface area (Å²) in [4.78, 5) is 7.40. The van der Waals surface area contributed by atoms with Gasteiger partial charge in [-0.2, -0.15) is 0 Å². The minimum absolute atomic E-state index is 0.0979. The van der Waals surface area contributed by atoms with Crippen molar-refractivity contribution < 1.29 is 8.42 Å². The van der Waals surface area contributed by atoms with Crippen molar-refractivity contribution in [3.8, 4) is 0 Å². The lowest BCUT2D eigenvalue weighted by atomic mass is 10.3. The van der Waals surface area contributed by atoms with Gasteiger partial charge in [0.15, 0.2) is 11.4 Å². The van der Waals surface area contributed by atoms with Crippen LogP contribution in [0.1, 0.15) is 13.3 Å². The van der Waals surface area contributed by atoms with Crippen LogP contribution in [0.15, 0.2) is 28.3 Å². The molecule has 0 atom stereocenters. The van der Waals surface area contributed by atoms with E-state index in [9.17, 15) is 8.42 Å². The highest BCUT2D eigenvalue weighted by Gasteiger charge is 2.21. The first-order valence-electron chi connectivity index (χ1n) is 6.12. The van der Waals surface area contributed by atoms with Crippen molar-refractivity contribution in [1.29, 1.82) is 0 Å². The third-order valence-electron chi connectivity index (χ3n) is 2.29. The highest BCUT2D eigenvalue weighted by molar-refractivity contribution is 7.99. The molecule has 0 unspecified atom stereocenters. The van der Waals surface area contributed by atoms with Crippen LogP contribution in [0.5, 0.6) is 0 Å². The second kappa shape index (κ2) is 8.40. The molecule has 0 radical (unpaired) electrons. The summed E-state index contributed by atoms with van der Waals surface area (Å²) in [6.45, 7) is 15.9. The summed E-state index contributed by atoms with van der Waals surface area (Å²) in [6.07, 6.45) is 0.421. The molecule has 0 aromatic heterocycles. The maximum Gasteiger partial charge on any atom is 0.533 e. The van der Waals surface area contributed by atoms with E-state index in [1.165, 1.54) is 11.8 Å². The molecular formula is C13H14N3O3S2+. The molecule has 0 bridgehead atoms. The molecule has 0 saturated carbocycles. The van der Waals surface area contributed by atoms with E-state index in [0.717, 1.165) is 4.90 Å². The molecule has 0 amide bonds. The van der Waals surface area contributed by atoms with E-state index >= 15 is 0 Å². The summed E-state index contributed by atoms with van der Waals surface area (Å²) in [5, 5.41) is 3.37. The van der Waals surface area contributed by atoms with Gasteiger partial charge in [-0.3, -0.25) is 9.69 Å². The summed E-state index contributed by atoms with van der Waals surface area (Å²) in [6, 6.07) is 5.00. The van der Waals surface area contributed by atoms with E-state index in [2.05, 4.69) is 18.9 Å². The fourth-order valence-electron chi connectivity index (χ4n) is 1.37. The molecule has 0 aliphatic heterocycles. The molecule has 8 heteroatoms. The minimum atomic E-state index is -3.59. The first kappa shape index (κ1) is 17.2. The van der Waals surface area contributed by atoms with Crippen LogP contribution in [0.4, 0.5) is 11.4 Å². The number of hydrogen-bond acceptors (Lipinski definition) is 4. The number of rotatable bonds is 7. The molecule has 0 heterocycles. The maximum atomic E-state index is 11.4. The zero-order chi connectivity index (χ0) is 15.7. The lowest BCUT2D eigenvalue weighted by Gasteiger charge is -2.01. The smallest absolute Gasteiger partial charge is 0.250 e. The van der Waals surface area contributed by atoms with Crippen LogP contribution in [0.2, 0.25) is 0 Å². The Morgan fingerprint density at radius 3 is 2.62 bits per heavy atom. The van der Waals surface area contributed by atoms with E-state index in [1.807, 2.05) is 0 Å². The van der Waals surface area contributed by atoms with Crippen molar-refractivity contribution in [2.75, 3.05) is 18.1 Å². The predicted octanol–water partition coefficient (Wildman–Crippen LogP) is 3.92. The summed E-state index contributed by atoms with van der Waals surface area (Å²) < 4.78 is 27.2. The van der Waals surface area contributed by atoms with Crippen molar-refractivity contribution >= 4 is 33.3 Å². The molecule has 0 aliphatic carbocycles. The van der Waals surface area contributed by atoms with Crippen molar-refractivity contribution in [3.05, 3.63) is 45.0 Å². The Labute approximate surface area is 128 Å². The van der Waals surface area contributed by atoms with Crippen molar-refractivity contribution in [2.45, 2.75) is 18.2 Å². The number of thioether (sulfide) groups is 1. The molecule has 0 N–H and O–H groups in total. The molecule has 0 spiro atoms. The van der Waals surface area contributed by atoms with E-state index in [0.29, 0.717) is 30.1 Å². The van der Waals surface area contributed by atoms with Crippen molar-refractivity contribution in [2.24, 2.45) is 5.18 Å². The fourth-order valence-corrected chi connectivity index (χ4v) is 3.28. The first-order valence-corrected chi connectivity index (χ1v) is 8.68. The normalized spacial score (nSPS) is 11.2. The van der Waals surface area contributed by atoms with Gasteiger partial charge >= 0.3 is 10.1 Å². The summed E-state index contributed by atoms with van der Waals surface area (Å²) in [5.74, 6) is 0.475. The van der Waals surface area contributed by atoms with E-state index in [4.69, 9.17) is 13.1 Å². The second-order valence-electron chi connectivity index (χ2n) is 3.86. The van der Waals surface area contributed by atoms with E-state index in [1.54, 1.807) is 25.1 Å². The van der Waals surface area contributed by atoms with Crippen LogP contribution >= 0.6 is 11.8 Å². The number of nitroso groups, excluding NO2 is 1. The van der Waals surface area contributed by atoms with Gasteiger partial charge < -0.3 is 0 Å². The van der Waals surface area contributed by atoms with Gasteiger partial charge in [0.25, 0.3) is 0 Å². The number of benzene rings is 1. The average Bonchev–Trinajstić information content (AvgIpc) is 2.49. The van der Waals surface area contributed by atoms with Crippen molar-refractivity contribution in [3.63, 3.8) is 0 Å². The molecule has 1 aromatic carbocycles. The Kier molecular flexibility index (Phi) is 6.86. The molecule has 6 nitrogen and oxygen atoms in total. The third kappa shape index (κ3) is 5.94. The SMILES string of the molecule is [C-]#[N+]c1ccc(SCCCS(=O)(=O)[O+]=NCC)cc1[N+]#[C-]. The van der Waals surface area contributed by atoms with Gasteiger partial charge in [-0.05, 0) is 24.0 Å². The van der Waals surface area contributed by atoms with Gasteiger partial charge in [-0.1, -0.05) is 18.2 Å². The average molecular weight is 324 g/mol. The van der Waals surface area contributed by atoms with E-state index < -0.39 is 10.1 Å². The Bertz CT molecular complexity index is 700.